The zero-order chi connectivity index (χ0) is 18.7. The van der Waals surface area contributed by atoms with Crippen molar-refractivity contribution < 1.29 is 14.3 Å². The van der Waals surface area contributed by atoms with Crippen molar-refractivity contribution in [3.8, 4) is 0 Å². The number of methoxy groups -OCH3 is 1. The highest BCUT2D eigenvalue weighted by Crippen LogP contribution is 2.47. The summed E-state index contributed by atoms with van der Waals surface area (Å²) in [4.78, 5) is 12.5. The fourth-order valence-corrected chi connectivity index (χ4v) is 4.70. The minimum absolute atomic E-state index is 0.0369. The Morgan fingerprint density at radius 2 is 2.04 bits per heavy atom. The van der Waals surface area contributed by atoms with E-state index in [9.17, 15) is 4.79 Å². The number of amides is 1. The molecule has 144 valence electrons. The molecular formula is C22H33NO3. The summed E-state index contributed by atoms with van der Waals surface area (Å²) in [6, 6.07) is 8.62. The molecule has 26 heavy (non-hydrogen) atoms. The minimum atomic E-state index is -0.233. The van der Waals surface area contributed by atoms with Crippen LogP contribution in [0.15, 0.2) is 24.3 Å². The molecule has 1 aromatic carbocycles. The molecule has 0 unspecified atom stereocenters. The normalized spacial score (nSPS) is 34.2. The molecule has 3 rings (SSSR count). The Morgan fingerprint density at radius 3 is 2.73 bits per heavy atom. The molecule has 4 heteroatoms. The van der Waals surface area contributed by atoms with Gasteiger partial charge in [-0.25, -0.2) is 0 Å². The number of hydrogen-bond acceptors (Lipinski definition) is 3. The second kappa shape index (κ2) is 8.10. The summed E-state index contributed by atoms with van der Waals surface area (Å²) >= 11 is 0. The molecule has 0 aromatic heterocycles. The van der Waals surface area contributed by atoms with Gasteiger partial charge >= 0.3 is 0 Å². The van der Waals surface area contributed by atoms with E-state index in [0.29, 0.717) is 24.9 Å². The molecule has 1 aromatic rings. The average Bonchev–Trinajstić information content (AvgIpc) is 2.59. The van der Waals surface area contributed by atoms with Gasteiger partial charge in [0.05, 0.1) is 18.8 Å². The van der Waals surface area contributed by atoms with Gasteiger partial charge in [0.2, 0.25) is 5.91 Å². The molecule has 1 N–H and O–H groups in total. The quantitative estimate of drug-likeness (QED) is 0.858. The van der Waals surface area contributed by atoms with Crippen LogP contribution in [-0.4, -0.2) is 31.3 Å². The van der Waals surface area contributed by atoms with E-state index in [0.717, 1.165) is 19.3 Å². The van der Waals surface area contributed by atoms with E-state index < -0.39 is 0 Å². The van der Waals surface area contributed by atoms with E-state index in [1.807, 2.05) is 0 Å². The third-order valence-corrected chi connectivity index (χ3v) is 6.23. The number of benzene rings is 1. The molecule has 0 spiro atoms. The lowest BCUT2D eigenvalue weighted by atomic mass is 9.66. The van der Waals surface area contributed by atoms with E-state index in [1.54, 1.807) is 7.11 Å². The van der Waals surface area contributed by atoms with Gasteiger partial charge < -0.3 is 14.8 Å². The van der Waals surface area contributed by atoms with Crippen LogP contribution in [0.3, 0.4) is 0 Å². The first-order chi connectivity index (χ1) is 12.4. The van der Waals surface area contributed by atoms with Gasteiger partial charge in [0, 0.05) is 31.4 Å². The van der Waals surface area contributed by atoms with Gasteiger partial charge in [-0.05, 0) is 38.2 Å². The van der Waals surface area contributed by atoms with E-state index >= 15 is 0 Å². The number of hydrogen-bond donors (Lipinski definition) is 1. The van der Waals surface area contributed by atoms with Crippen molar-refractivity contribution in [1.29, 1.82) is 0 Å². The molecule has 5 atom stereocenters. The summed E-state index contributed by atoms with van der Waals surface area (Å²) in [6.07, 6.45) is 4.90. The fourth-order valence-electron chi connectivity index (χ4n) is 4.70. The summed E-state index contributed by atoms with van der Waals surface area (Å²) in [5.74, 6) is 1.14. The monoisotopic (exact) mass is 359 g/mol. The van der Waals surface area contributed by atoms with Crippen molar-refractivity contribution in [2.45, 2.75) is 70.6 Å². The second-order valence-corrected chi connectivity index (χ2v) is 8.51. The first-order valence-electron chi connectivity index (χ1n) is 9.93. The highest BCUT2D eigenvalue weighted by molar-refractivity contribution is 5.77. The molecule has 1 heterocycles. The maximum atomic E-state index is 12.5. The Morgan fingerprint density at radius 1 is 1.31 bits per heavy atom. The second-order valence-electron chi connectivity index (χ2n) is 8.51. The lowest BCUT2D eigenvalue weighted by Gasteiger charge is -2.52. The first kappa shape index (κ1) is 19.4. The van der Waals surface area contributed by atoms with E-state index in [-0.39, 0.29) is 23.7 Å². The van der Waals surface area contributed by atoms with Gasteiger partial charge in [-0.3, -0.25) is 4.79 Å². The van der Waals surface area contributed by atoms with Gasteiger partial charge in [-0.1, -0.05) is 43.2 Å². The summed E-state index contributed by atoms with van der Waals surface area (Å²) in [7, 11) is 1.63. The number of nitrogens with one attached hydrogen (secondary N) is 1. The van der Waals surface area contributed by atoms with Crippen LogP contribution in [0.2, 0.25) is 0 Å². The molecule has 4 nitrogen and oxygen atoms in total. The van der Waals surface area contributed by atoms with Gasteiger partial charge in [-0.15, -0.1) is 0 Å². The lowest BCUT2D eigenvalue weighted by molar-refractivity contribution is -0.154. The average molecular weight is 360 g/mol. The molecule has 1 saturated heterocycles. The molecule has 2 fully saturated rings. The molecule has 1 aliphatic carbocycles. The highest BCUT2D eigenvalue weighted by atomic mass is 16.5. The number of ether oxygens (including phenoxy) is 2. The van der Waals surface area contributed by atoms with Gasteiger partial charge in [0.25, 0.3) is 0 Å². The van der Waals surface area contributed by atoms with Gasteiger partial charge in [0.15, 0.2) is 0 Å². The van der Waals surface area contributed by atoms with Crippen molar-refractivity contribution >= 4 is 5.91 Å². The summed E-state index contributed by atoms with van der Waals surface area (Å²) in [5.41, 5.74) is 2.23. The van der Waals surface area contributed by atoms with Crippen LogP contribution in [0, 0.1) is 18.8 Å². The Kier molecular flexibility index (Phi) is 6.03. The number of carbonyl (C=O) groups excluding carboxylic acids is 1. The van der Waals surface area contributed by atoms with Crippen LogP contribution in [-0.2, 0) is 14.3 Å². The Labute approximate surface area is 157 Å². The van der Waals surface area contributed by atoms with Crippen molar-refractivity contribution in [2.75, 3.05) is 13.7 Å². The SMILES string of the molecule is COCCC(=O)N[C@@]1(C)C[C@H](c2ccc(C)cc2)O[C@@H]2C[C@H](C)CC[C@H]21. The molecule has 1 aliphatic heterocycles. The first-order valence-corrected chi connectivity index (χ1v) is 9.93. The van der Waals surface area contributed by atoms with E-state index in [1.165, 1.54) is 17.5 Å². The maximum Gasteiger partial charge on any atom is 0.222 e. The molecule has 0 radical (unpaired) electrons. The molecule has 2 aliphatic rings. The predicted molar refractivity (Wildman–Crippen MR) is 103 cm³/mol. The third-order valence-electron chi connectivity index (χ3n) is 6.23. The van der Waals surface area contributed by atoms with Crippen LogP contribution >= 0.6 is 0 Å². The van der Waals surface area contributed by atoms with Crippen LogP contribution in [0.1, 0.15) is 63.2 Å². The van der Waals surface area contributed by atoms with Crippen LogP contribution in [0.4, 0.5) is 0 Å². The highest BCUT2D eigenvalue weighted by Gasteiger charge is 2.49. The van der Waals surface area contributed by atoms with Crippen LogP contribution < -0.4 is 5.32 Å². The number of rotatable bonds is 5. The summed E-state index contributed by atoms with van der Waals surface area (Å²) in [5, 5.41) is 3.36. The zero-order valence-electron chi connectivity index (χ0n) is 16.6. The third kappa shape index (κ3) is 4.29. The molecular weight excluding hydrogens is 326 g/mol. The topological polar surface area (TPSA) is 47.6 Å². The predicted octanol–water partition coefficient (Wildman–Crippen LogP) is 4.17. The summed E-state index contributed by atoms with van der Waals surface area (Å²) in [6.45, 7) is 7.09. The van der Waals surface area contributed by atoms with Crippen molar-refractivity contribution in [3.63, 3.8) is 0 Å². The van der Waals surface area contributed by atoms with Crippen molar-refractivity contribution in [2.24, 2.45) is 11.8 Å². The molecule has 1 saturated carbocycles. The zero-order valence-corrected chi connectivity index (χ0v) is 16.6. The van der Waals surface area contributed by atoms with Gasteiger partial charge in [0.1, 0.15) is 0 Å². The summed E-state index contributed by atoms with van der Waals surface area (Å²) < 4.78 is 11.6. The number of carbonyl (C=O) groups is 1. The largest absolute Gasteiger partial charge is 0.384 e. The Balaban J connectivity index is 1.82. The smallest absolute Gasteiger partial charge is 0.222 e. The molecule has 0 bridgehead atoms. The van der Waals surface area contributed by atoms with Crippen LogP contribution in [0.25, 0.3) is 0 Å². The maximum absolute atomic E-state index is 12.5. The van der Waals surface area contributed by atoms with E-state index in [4.69, 9.17) is 9.47 Å². The van der Waals surface area contributed by atoms with E-state index in [2.05, 4.69) is 50.4 Å². The van der Waals surface area contributed by atoms with Crippen LogP contribution in [0.5, 0.6) is 0 Å². The number of aryl methyl sites for hydroxylation is 1. The Bertz CT molecular complexity index is 614. The Hall–Kier alpha value is -1.39. The van der Waals surface area contributed by atoms with Crippen molar-refractivity contribution in [3.05, 3.63) is 35.4 Å². The van der Waals surface area contributed by atoms with Crippen molar-refractivity contribution in [1.82, 2.24) is 5.32 Å². The lowest BCUT2D eigenvalue weighted by Crippen LogP contribution is -2.60. The molecule has 1 amide bonds. The minimum Gasteiger partial charge on any atom is -0.384 e. The fraction of sp³-hybridized carbons (Fsp3) is 0.682. The van der Waals surface area contributed by atoms with Gasteiger partial charge in [-0.2, -0.15) is 0 Å². The number of fused-ring (bicyclic) bond motifs is 1. The standard InChI is InChI=1S/C22H33NO3/c1-15-5-8-17(9-6-15)20-14-22(3,23-21(24)11-12-25-4)18-10-7-16(2)13-19(18)26-20/h5-6,8-9,16,18-20H,7,10-14H2,1-4H3,(H,23,24)/t16-,18-,19-,20-,22+/m1/s1.